The van der Waals surface area contributed by atoms with Crippen molar-refractivity contribution < 1.29 is 18.4 Å². The van der Waals surface area contributed by atoms with Crippen LogP contribution in [0.1, 0.15) is 22.0 Å². The molecule has 3 heterocycles. The quantitative estimate of drug-likeness (QED) is 0.547. The van der Waals surface area contributed by atoms with Crippen LogP contribution in [0.4, 0.5) is 0 Å². The molecule has 0 saturated carbocycles. The number of esters is 1. The number of ether oxygens (including phenoxy) is 1. The van der Waals surface area contributed by atoms with Gasteiger partial charge in [-0.3, -0.25) is 0 Å². The lowest BCUT2D eigenvalue weighted by molar-refractivity contribution is 0.0590. The van der Waals surface area contributed by atoms with Crippen molar-refractivity contribution in [3.05, 3.63) is 47.7 Å². The van der Waals surface area contributed by atoms with Crippen molar-refractivity contribution in [1.29, 1.82) is 5.26 Å². The van der Waals surface area contributed by atoms with Crippen LogP contribution < -0.4 is 0 Å². The summed E-state index contributed by atoms with van der Waals surface area (Å²) in [5, 5.41) is 9.96. The van der Waals surface area contributed by atoms with Gasteiger partial charge in [-0.25, -0.2) is 4.79 Å². The Morgan fingerprint density at radius 2 is 2.27 bits per heavy atom. The summed E-state index contributed by atoms with van der Waals surface area (Å²) >= 11 is 0. The lowest BCUT2D eigenvalue weighted by atomic mass is 10.2. The molecular formula is C16H12N2O4. The van der Waals surface area contributed by atoms with E-state index in [9.17, 15) is 10.1 Å². The molecule has 0 unspecified atom stereocenters. The van der Waals surface area contributed by atoms with E-state index in [1.54, 1.807) is 42.0 Å². The molecule has 0 atom stereocenters. The Bertz CT molecular complexity index is 904. The first kappa shape index (κ1) is 13.8. The molecule has 0 aromatic carbocycles. The van der Waals surface area contributed by atoms with Gasteiger partial charge in [0.1, 0.15) is 23.3 Å². The van der Waals surface area contributed by atoms with Gasteiger partial charge >= 0.3 is 5.97 Å². The first-order valence-electron chi connectivity index (χ1n) is 6.47. The van der Waals surface area contributed by atoms with Gasteiger partial charge in [0.15, 0.2) is 0 Å². The second-order valence-corrected chi connectivity index (χ2v) is 4.64. The second kappa shape index (κ2) is 5.30. The summed E-state index contributed by atoms with van der Waals surface area (Å²) in [6.45, 7) is 0. The molecule has 0 aliphatic carbocycles. The number of hydrogen-bond acceptors (Lipinski definition) is 5. The molecule has 0 N–H and O–H groups in total. The molecule has 0 bridgehead atoms. The SMILES string of the molecule is COC(=O)c1cc2cc(/C=C(\C#N)c3ccco3)oc2n1C. The number of aromatic nitrogens is 1. The molecule has 0 saturated heterocycles. The third kappa shape index (κ3) is 2.19. The minimum atomic E-state index is -0.431. The fourth-order valence-electron chi connectivity index (χ4n) is 2.24. The van der Waals surface area contributed by atoms with Crippen molar-refractivity contribution in [3.8, 4) is 6.07 Å². The van der Waals surface area contributed by atoms with Crippen molar-refractivity contribution in [3.63, 3.8) is 0 Å². The predicted molar refractivity (Wildman–Crippen MR) is 78.7 cm³/mol. The Morgan fingerprint density at radius 3 is 2.86 bits per heavy atom. The number of fused-ring (bicyclic) bond motifs is 1. The van der Waals surface area contributed by atoms with Crippen molar-refractivity contribution in [2.75, 3.05) is 7.11 Å². The molecule has 22 heavy (non-hydrogen) atoms. The van der Waals surface area contributed by atoms with E-state index in [2.05, 4.69) is 6.07 Å². The average molecular weight is 296 g/mol. The Morgan fingerprint density at radius 1 is 1.45 bits per heavy atom. The number of allylic oxidation sites excluding steroid dienone is 1. The lowest BCUT2D eigenvalue weighted by Gasteiger charge is -2.00. The molecule has 0 amide bonds. The molecule has 6 heteroatoms. The molecule has 6 nitrogen and oxygen atoms in total. The van der Waals surface area contributed by atoms with Gasteiger partial charge < -0.3 is 18.1 Å². The van der Waals surface area contributed by atoms with Crippen LogP contribution in [0.3, 0.4) is 0 Å². The average Bonchev–Trinajstić information content (AvgIpc) is 3.22. The zero-order valence-electron chi connectivity index (χ0n) is 12.0. The van der Waals surface area contributed by atoms with E-state index >= 15 is 0 Å². The van der Waals surface area contributed by atoms with Crippen molar-refractivity contribution in [2.45, 2.75) is 0 Å². The number of aryl methyl sites for hydroxylation is 1. The summed E-state index contributed by atoms with van der Waals surface area (Å²) in [5.74, 6) is 0.544. The summed E-state index contributed by atoms with van der Waals surface area (Å²) < 4.78 is 17.2. The fourth-order valence-corrected chi connectivity index (χ4v) is 2.24. The molecule has 3 aromatic heterocycles. The van der Waals surface area contributed by atoms with Crippen LogP contribution in [0.15, 0.2) is 39.4 Å². The number of rotatable bonds is 3. The maximum Gasteiger partial charge on any atom is 0.354 e. The van der Waals surface area contributed by atoms with Gasteiger partial charge in [-0.1, -0.05) is 0 Å². The van der Waals surface area contributed by atoms with Gasteiger partial charge in [0.05, 0.1) is 18.9 Å². The van der Waals surface area contributed by atoms with E-state index in [0.29, 0.717) is 28.5 Å². The van der Waals surface area contributed by atoms with Gasteiger partial charge in [-0.05, 0) is 24.3 Å². The number of furan rings is 2. The monoisotopic (exact) mass is 296 g/mol. The lowest BCUT2D eigenvalue weighted by Crippen LogP contribution is -2.06. The van der Waals surface area contributed by atoms with Gasteiger partial charge in [-0.2, -0.15) is 5.26 Å². The molecule has 0 fully saturated rings. The highest BCUT2D eigenvalue weighted by atomic mass is 16.5. The maximum atomic E-state index is 11.6. The fraction of sp³-hybridized carbons (Fsp3) is 0.125. The topological polar surface area (TPSA) is 81.3 Å². The summed E-state index contributed by atoms with van der Waals surface area (Å²) in [6, 6.07) is 8.91. The number of carbonyl (C=O) groups excluding carboxylic acids is 1. The van der Waals surface area contributed by atoms with E-state index in [1.165, 1.54) is 13.4 Å². The second-order valence-electron chi connectivity index (χ2n) is 4.64. The van der Waals surface area contributed by atoms with Crippen LogP contribution in [-0.4, -0.2) is 17.6 Å². The highest BCUT2D eigenvalue weighted by Crippen LogP contribution is 2.26. The Labute approximate surface area is 125 Å². The van der Waals surface area contributed by atoms with Gasteiger partial charge in [0.25, 0.3) is 0 Å². The minimum absolute atomic E-state index is 0.359. The number of methoxy groups -OCH3 is 1. The zero-order valence-corrected chi connectivity index (χ0v) is 12.0. The van der Waals surface area contributed by atoms with Crippen LogP contribution in [0.2, 0.25) is 0 Å². The first-order chi connectivity index (χ1) is 10.6. The number of hydrogen-bond donors (Lipinski definition) is 0. The third-order valence-corrected chi connectivity index (χ3v) is 3.31. The molecule has 3 rings (SSSR count). The molecular weight excluding hydrogens is 284 g/mol. The van der Waals surface area contributed by atoms with Crippen LogP contribution in [-0.2, 0) is 11.8 Å². The van der Waals surface area contributed by atoms with Crippen molar-refractivity contribution in [2.24, 2.45) is 7.05 Å². The van der Waals surface area contributed by atoms with Crippen LogP contribution in [0, 0.1) is 11.3 Å². The van der Waals surface area contributed by atoms with Crippen LogP contribution in [0.5, 0.6) is 0 Å². The van der Waals surface area contributed by atoms with E-state index in [1.807, 2.05) is 0 Å². The van der Waals surface area contributed by atoms with E-state index in [4.69, 9.17) is 13.6 Å². The largest absolute Gasteiger partial charge is 0.464 e. The molecule has 110 valence electrons. The molecule has 0 aliphatic heterocycles. The van der Waals surface area contributed by atoms with Gasteiger partial charge in [0, 0.05) is 18.5 Å². The smallest absolute Gasteiger partial charge is 0.354 e. The molecule has 0 aliphatic rings. The summed E-state index contributed by atoms with van der Waals surface area (Å²) in [5.41, 5.74) is 1.29. The molecule has 0 radical (unpaired) electrons. The van der Waals surface area contributed by atoms with E-state index < -0.39 is 5.97 Å². The van der Waals surface area contributed by atoms with E-state index in [0.717, 1.165) is 5.39 Å². The number of nitriles is 1. The molecule has 3 aromatic rings. The summed E-state index contributed by atoms with van der Waals surface area (Å²) in [4.78, 5) is 11.6. The Kier molecular flexibility index (Phi) is 3.31. The minimum Gasteiger partial charge on any atom is -0.464 e. The normalized spacial score (nSPS) is 11.6. The number of nitrogens with zero attached hydrogens (tertiary/aromatic N) is 2. The van der Waals surface area contributed by atoms with Crippen molar-refractivity contribution >= 4 is 28.7 Å². The van der Waals surface area contributed by atoms with Crippen LogP contribution >= 0.6 is 0 Å². The zero-order chi connectivity index (χ0) is 15.7. The summed E-state index contributed by atoms with van der Waals surface area (Å²) in [7, 11) is 3.04. The molecule has 0 spiro atoms. The maximum absolute atomic E-state index is 11.6. The van der Waals surface area contributed by atoms with Gasteiger partial charge in [-0.15, -0.1) is 0 Å². The standard InChI is InChI=1S/C16H12N2O4/c1-18-13(16(19)20-2)8-10-6-12(22-15(10)18)7-11(9-17)14-4-3-5-21-14/h3-8H,1-2H3/b11-7+. The number of carbonyl (C=O) groups is 1. The van der Waals surface area contributed by atoms with Gasteiger partial charge in [0.2, 0.25) is 5.71 Å². The Hall–Kier alpha value is -3.20. The van der Waals surface area contributed by atoms with Crippen LogP contribution in [0.25, 0.3) is 22.7 Å². The third-order valence-electron chi connectivity index (χ3n) is 3.31. The highest BCUT2D eigenvalue weighted by molar-refractivity contribution is 5.95. The Balaban J connectivity index is 2.03. The predicted octanol–water partition coefficient (Wildman–Crippen LogP) is 3.22. The highest BCUT2D eigenvalue weighted by Gasteiger charge is 2.17. The first-order valence-corrected chi connectivity index (χ1v) is 6.47. The van der Waals surface area contributed by atoms with E-state index in [-0.39, 0.29) is 0 Å². The van der Waals surface area contributed by atoms with Crippen molar-refractivity contribution in [1.82, 2.24) is 4.57 Å². The summed E-state index contributed by atoms with van der Waals surface area (Å²) in [6.07, 6.45) is 3.10.